The lowest BCUT2D eigenvalue weighted by molar-refractivity contribution is -0.167. The van der Waals surface area contributed by atoms with Crippen molar-refractivity contribution in [2.75, 3.05) is 13.2 Å². The first-order chi connectivity index (χ1) is 31.0. The molecule has 0 saturated heterocycles. The van der Waals surface area contributed by atoms with Crippen LogP contribution in [0.1, 0.15) is 226 Å². The van der Waals surface area contributed by atoms with Gasteiger partial charge in [0.05, 0.1) is 0 Å². The molecule has 0 rings (SSSR count). The molecule has 0 amide bonds. The topological polar surface area (TPSA) is 78.9 Å². The maximum absolute atomic E-state index is 12.8. The largest absolute Gasteiger partial charge is 0.462 e. The lowest BCUT2D eigenvalue weighted by Crippen LogP contribution is -2.30. The van der Waals surface area contributed by atoms with E-state index < -0.39 is 6.10 Å². The van der Waals surface area contributed by atoms with Crippen LogP contribution in [0.25, 0.3) is 0 Å². The average molecular weight is 875 g/mol. The minimum atomic E-state index is -0.814. The maximum Gasteiger partial charge on any atom is 0.306 e. The quantitative estimate of drug-likeness (QED) is 0.0199. The van der Waals surface area contributed by atoms with Crippen molar-refractivity contribution >= 4 is 17.9 Å². The Hall–Kier alpha value is -3.67. The third-order valence-electron chi connectivity index (χ3n) is 10.7. The van der Waals surface area contributed by atoms with Gasteiger partial charge in [0.1, 0.15) is 13.2 Å². The van der Waals surface area contributed by atoms with Gasteiger partial charge in [-0.05, 0) is 83.5 Å². The van der Waals surface area contributed by atoms with Gasteiger partial charge >= 0.3 is 17.9 Å². The normalized spacial score (nSPS) is 12.9. The molecule has 0 spiro atoms. The molecule has 0 aliphatic rings. The summed E-state index contributed by atoms with van der Waals surface area (Å²) in [5.74, 6) is -1.00. The molecule has 6 nitrogen and oxygen atoms in total. The van der Waals surface area contributed by atoms with Gasteiger partial charge in [0.25, 0.3) is 0 Å². The molecule has 0 saturated carbocycles. The molecule has 0 N–H and O–H groups in total. The molecule has 0 radical (unpaired) electrons. The third-order valence-corrected chi connectivity index (χ3v) is 10.7. The molecule has 0 aromatic heterocycles. The van der Waals surface area contributed by atoms with Gasteiger partial charge in [0.2, 0.25) is 0 Å². The van der Waals surface area contributed by atoms with Gasteiger partial charge in [-0.1, -0.05) is 221 Å². The Kier molecular flexibility index (Phi) is 48.0. The summed E-state index contributed by atoms with van der Waals surface area (Å²) in [6.07, 6.45) is 66.8. The molecule has 0 fully saturated rings. The van der Waals surface area contributed by atoms with Crippen LogP contribution in [-0.4, -0.2) is 37.2 Å². The summed E-state index contributed by atoms with van der Waals surface area (Å²) in [7, 11) is 0. The molecule has 1 unspecified atom stereocenters. The third kappa shape index (κ3) is 49.2. The van der Waals surface area contributed by atoms with Crippen molar-refractivity contribution in [2.45, 2.75) is 232 Å². The fourth-order valence-corrected chi connectivity index (χ4v) is 6.81. The number of unbranched alkanes of at least 4 members (excludes halogenated alkanes) is 23. The van der Waals surface area contributed by atoms with Crippen molar-refractivity contribution in [3.63, 3.8) is 0 Å². The minimum absolute atomic E-state index is 0.108. The number of rotatable bonds is 45. The van der Waals surface area contributed by atoms with Crippen LogP contribution in [0.5, 0.6) is 0 Å². The predicted molar refractivity (Wildman–Crippen MR) is 270 cm³/mol. The lowest BCUT2D eigenvalue weighted by Gasteiger charge is -2.18. The van der Waals surface area contributed by atoms with Gasteiger partial charge in [-0.25, -0.2) is 0 Å². The second-order valence-electron chi connectivity index (χ2n) is 16.8. The average Bonchev–Trinajstić information content (AvgIpc) is 3.28. The van der Waals surface area contributed by atoms with Crippen molar-refractivity contribution in [3.8, 4) is 0 Å². The summed E-state index contributed by atoms with van der Waals surface area (Å²) < 4.78 is 16.7. The Morgan fingerprint density at radius 2 is 0.651 bits per heavy atom. The van der Waals surface area contributed by atoms with E-state index in [-0.39, 0.29) is 37.5 Å². The van der Waals surface area contributed by atoms with E-state index in [0.717, 1.165) is 64.2 Å². The van der Waals surface area contributed by atoms with E-state index in [1.54, 1.807) is 0 Å². The fourth-order valence-electron chi connectivity index (χ4n) is 6.81. The van der Waals surface area contributed by atoms with Crippen LogP contribution >= 0.6 is 0 Å². The summed E-state index contributed by atoms with van der Waals surface area (Å²) >= 11 is 0. The van der Waals surface area contributed by atoms with E-state index in [1.807, 2.05) is 54.7 Å². The number of ether oxygens (including phenoxy) is 3. The van der Waals surface area contributed by atoms with E-state index in [4.69, 9.17) is 14.2 Å². The van der Waals surface area contributed by atoms with Crippen LogP contribution in [0, 0.1) is 0 Å². The summed E-state index contributed by atoms with van der Waals surface area (Å²) in [5, 5.41) is 0. The van der Waals surface area contributed by atoms with Crippen molar-refractivity contribution in [1.29, 1.82) is 0 Å². The van der Waals surface area contributed by atoms with E-state index in [9.17, 15) is 14.4 Å². The fraction of sp³-hybridized carbons (Fsp3) is 0.667. The Morgan fingerprint density at radius 3 is 1.13 bits per heavy atom. The summed E-state index contributed by atoms with van der Waals surface area (Å²) in [5.41, 5.74) is 0. The lowest BCUT2D eigenvalue weighted by atomic mass is 10.1. The van der Waals surface area contributed by atoms with Crippen LogP contribution in [0.2, 0.25) is 0 Å². The molecule has 0 aromatic carbocycles. The molecular weight excluding hydrogens is 781 g/mol. The number of esters is 3. The van der Waals surface area contributed by atoms with Crippen LogP contribution in [0.15, 0.2) is 97.2 Å². The van der Waals surface area contributed by atoms with Gasteiger partial charge in [-0.15, -0.1) is 0 Å². The molecule has 0 heterocycles. The summed E-state index contributed by atoms with van der Waals surface area (Å²) in [4.78, 5) is 37.9. The number of allylic oxidation sites excluding steroid dienone is 16. The zero-order chi connectivity index (χ0) is 45.8. The zero-order valence-corrected chi connectivity index (χ0v) is 40.8. The SMILES string of the molecule is CC/C=C/C=C/C=C/C=C/C=C/CCCC(=O)OCC(COC(=O)CCCCCCCCC/C=C/CCCCCCCC)OC(=O)CCCCCCCC/C=C/C=C/CCCCC. The second-order valence-corrected chi connectivity index (χ2v) is 16.8. The number of hydrogen-bond acceptors (Lipinski definition) is 6. The van der Waals surface area contributed by atoms with Gasteiger partial charge in [-0.2, -0.15) is 0 Å². The van der Waals surface area contributed by atoms with Crippen molar-refractivity contribution in [1.82, 2.24) is 0 Å². The van der Waals surface area contributed by atoms with Crippen molar-refractivity contribution in [3.05, 3.63) is 97.2 Å². The van der Waals surface area contributed by atoms with Gasteiger partial charge in [0, 0.05) is 19.3 Å². The predicted octanol–water partition coefficient (Wildman–Crippen LogP) is 17.0. The smallest absolute Gasteiger partial charge is 0.306 e. The molecule has 1 atom stereocenters. The monoisotopic (exact) mass is 875 g/mol. The van der Waals surface area contributed by atoms with Crippen LogP contribution < -0.4 is 0 Å². The second kappa shape index (κ2) is 51.0. The number of hydrogen-bond donors (Lipinski definition) is 0. The summed E-state index contributed by atoms with van der Waals surface area (Å²) in [6, 6.07) is 0. The summed E-state index contributed by atoms with van der Waals surface area (Å²) in [6.45, 7) is 6.37. The molecule has 358 valence electrons. The highest BCUT2D eigenvalue weighted by Crippen LogP contribution is 2.14. The molecule has 0 aliphatic heterocycles. The standard InChI is InChI=1S/C57H94O6/c1-4-7-10-13-16-19-22-25-27-28-30-32-35-38-41-44-47-50-56(59)62-53-54(52-61-55(58)49-46-43-40-37-34-31-24-21-18-15-12-9-6-3)63-57(60)51-48-45-42-39-36-33-29-26-23-20-17-14-11-8-5-2/h9,12,15,17-18,20-21,23-27,31,34,37,40,54H,4-8,10-11,13-14,16,19,22,28-30,32-33,35-36,38-39,41-53H2,1-3H3/b12-9+,18-15+,20-17+,24-21+,26-23+,27-25+,34-31+,40-37+. The van der Waals surface area contributed by atoms with Gasteiger partial charge in [0.15, 0.2) is 6.10 Å². The van der Waals surface area contributed by atoms with Crippen LogP contribution in [0.3, 0.4) is 0 Å². The number of carbonyl (C=O) groups is 3. The van der Waals surface area contributed by atoms with E-state index >= 15 is 0 Å². The minimum Gasteiger partial charge on any atom is -0.462 e. The highest BCUT2D eigenvalue weighted by atomic mass is 16.6. The zero-order valence-electron chi connectivity index (χ0n) is 40.8. The Labute approximate surface area is 387 Å². The Balaban J connectivity index is 4.50. The van der Waals surface area contributed by atoms with Gasteiger partial charge in [-0.3, -0.25) is 14.4 Å². The molecule has 6 heteroatoms. The molecular formula is C57H94O6. The first kappa shape index (κ1) is 59.3. The van der Waals surface area contributed by atoms with Crippen LogP contribution in [-0.2, 0) is 28.6 Å². The van der Waals surface area contributed by atoms with Gasteiger partial charge < -0.3 is 14.2 Å². The molecule has 63 heavy (non-hydrogen) atoms. The molecule has 0 aromatic rings. The van der Waals surface area contributed by atoms with Crippen molar-refractivity contribution < 1.29 is 28.6 Å². The van der Waals surface area contributed by atoms with E-state index in [2.05, 4.69) is 63.3 Å². The molecule has 0 bridgehead atoms. The highest BCUT2D eigenvalue weighted by Gasteiger charge is 2.19. The first-order valence-corrected chi connectivity index (χ1v) is 25.8. The van der Waals surface area contributed by atoms with E-state index in [0.29, 0.717) is 19.3 Å². The Bertz CT molecular complexity index is 1280. The van der Waals surface area contributed by atoms with Crippen molar-refractivity contribution in [2.24, 2.45) is 0 Å². The van der Waals surface area contributed by atoms with E-state index in [1.165, 1.54) is 116 Å². The highest BCUT2D eigenvalue weighted by molar-refractivity contribution is 5.71. The maximum atomic E-state index is 12.8. The van der Waals surface area contributed by atoms with Crippen LogP contribution in [0.4, 0.5) is 0 Å². The first-order valence-electron chi connectivity index (χ1n) is 25.8. The number of carbonyl (C=O) groups excluding carboxylic acids is 3. The molecule has 0 aliphatic carbocycles. The Morgan fingerprint density at radius 1 is 0.333 bits per heavy atom.